The van der Waals surface area contributed by atoms with Crippen LogP contribution in [0.3, 0.4) is 0 Å². The Morgan fingerprint density at radius 3 is 2.67 bits per heavy atom. The maximum atomic E-state index is 11.8. The van der Waals surface area contributed by atoms with Crippen molar-refractivity contribution >= 4 is 34.9 Å². The summed E-state index contributed by atoms with van der Waals surface area (Å²) in [4.78, 5) is 23.8. The van der Waals surface area contributed by atoms with Gasteiger partial charge in [0, 0.05) is 6.20 Å². The van der Waals surface area contributed by atoms with Crippen LogP contribution in [-0.2, 0) is 0 Å². The molecule has 0 spiro atoms. The molecule has 0 radical (unpaired) electrons. The van der Waals surface area contributed by atoms with Gasteiger partial charge in [-0.25, -0.2) is 4.98 Å². The van der Waals surface area contributed by atoms with Crippen molar-refractivity contribution in [3.63, 3.8) is 0 Å². The molecule has 0 unspecified atom stereocenters. The van der Waals surface area contributed by atoms with Crippen molar-refractivity contribution in [1.82, 2.24) is 15.0 Å². The Kier molecular flexibility index (Phi) is 3.63. The number of rotatable bonds is 3. The standard InChI is InChI=1S/C13H11N5OS2/c14-10-9(11(19)18-12(15)17-10)21-13-16-6-8(20-13)7-4-2-1-3-5-7/h1-6H,(H5,14,15,17,18,19). The Bertz CT molecular complexity index is 828. The van der Waals surface area contributed by atoms with Gasteiger partial charge in [0.25, 0.3) is 5.56 Å². The first-order chi connectivity index (χ1) is 10.1. The number of aromatic amines is 1. The number of nitrogens with one attached hydrogen (secondary N) is 1. The third-order valence-corrected chi connectivity index (χ3v) is 4.87. The molecule has 0 aliphatic rings. The van der Waals surface area contributed by atoms with Gasteiger partial charge in [-0.2, -0.15) is 4.98 Å². The number of anilines is 2. The molecule has 0 atom stereocenters. The summed E-state index contributed by atoms with van der Waals surface area (Å²) >= 11 is 2.67. The van der Waals surface area contributed by atoms with Crippen LogP contribution in [0.5, 0.6) is 0 Å². The number of thiazole rings is 1. The van der Waals surface area contributed by atoms with Gasteiger partial charge in [0.2, 0.25) is 5.95 Å². The summed E-state index contributed by atoms with van der Waals surface area (Å²) in [5.41, 5.74) is 11.9. The molecule has 0 aliphatic carbocycles. The molecule has 2 aromatic heterocycles. The van der Waals surface area contributed by atoms with Gasteiger partial charge in [0.05, 0.1) is 4.88 Å². The smallest absolute Gasteiger partial charge is 0.268 e. The molecule has 0 saturated heterocycles. The Morgan fingerprint density at radius 2 is 1.95 bits per heavy atom. The number of aromatic nitrogens is 3. The summed E-state index contributed by atoms with van der Waals surface area (Å²) < 4.78 is 0.720. The summed E-state index contributed by atoms with van der Waals surface area (Å²) in [7, 11) is 0. The largest absolute Gasteiger partial charge is 0.382 e. The first-order valence-corrected chi connectivity index (χ1v) is 7.61. The van der Waals surface area contributed by atoms with Gasteiger partial charge in [-0.1, -0.05) is 30.3 Å². The van der Waals surface area contributed by atoms with Crippen LogP contribution in [0.15, 0.2) is 50.6 Å². The molecule has 21 heavy (non-hydrogen) atoms. The molecular weight excluding hydrogens is 306 g/mol. The fourth-order valence-corrected chi connectivity index (χ4v) is 3.64. The predicted octanol–water partition coefficient (Wildman–Crippen LogP) is 2.21. The topological polar surface area (TPSA) is 111 Å². The lowest BCUT2D eigenvalue weighted by Crippen LogP contribution is -2.15. The zero-order chi connectivity index (χ0) is 14.8. The van der Waals surface area contributed by atoms with E-state index >= 15 is 0 Å². The van der Waals surface area contributed by atoms with E-state index in [4.69, 9.17) is 11.5 Å². The lowest BCUT2D eigenvalue weighted by atomic mass is 10.2. The molecular formula is C13H11N5OS2. The average molecular weight is 317 g/mol. The van der Waals surface area contributed by atoms with E-state index in [-0.39, 0.29) is 17.3 Å². The molecule has 0 bridgehead atoms. The van der Waals surface area contributed by atoms with Crippen molar-refractivity contribution in [3.8, 4) is 10.4 Å². The van der Waals surface area contributed by atoms with E-state index in [9.17, 15) is 4.79 Å². The van der Waals surface area contributed by atoms with Crippen molar-refractivity contribution < 1.29 is 0 Å². The Balaban J connectivity index is 1.91. The molecule has 0 amide bonds. The first-order valence-electron chi connectivity index (χ1n) is 5.98. The number of hydrogen-bond donors (Lipinski definition) is 3. The van der Waals surface area contributed by atoms with E-state index in [1.54, 1.807) is 6.20 Å². The van der Waals surface area contributed by atoms with Crippen LogP contribution < -0.4 is 17.0 Å². The molecule has 106 valence electrons. The number of nitrogen functional groups attached to an aromatic ring is 2. The molecule has 8 heteroatoms. The monoisotopic (exact) mass is 317 g/mol. The number of benzene rings is 1. The minimum atomic E-state index is -0.360. The molecule has 3 rings (SSSR count). The van der Waals surface area contributed by atoms with Crippen molar-refractivity contribution in [2.45, 2.75) is 9.24 Å². The van der Waals surface area contributed by atoms with Gasteiger partial charge >= 0.3 is 0 Å². The fourth-order valence-electron chi connectivity index (χ4n) is 1.73. The Morgan fingerprint density at radius 1 is 1.19 bits per heavy atom. The fraction of sp³-hybridized carbons (Fsp3) is 0. The second kappa shape index (κ2) is 5.58. The van der Waals surface area contributed by atoms with Gasteiger partial charge < -0.3 is 11.5 Å². The lowest BCUT2D eigenvalue weighted by molar-refractivity contribution is 1.07. The minimum absolute atomic E-state index is 0.00552. The molecule has 2 heterocycles. The summed E-state index contributed by atoms with van der Waals surface area (Å²) in [5, 5.41) is 0. The van der Waals surface area contributed by atoms with Crippen LogP contribution in [0.1, 0.15) is 0 Å². The van der Waals surface area contributed by atoms with Crippen molar-refractivity contribution in [2.75, 3.05) is 11.5 Å². The summed E-state index contributed by atoms with van der Waals surface area (Å²) in [6.45, 7) is 0. The van der Waals surface area contributed by atoms with Crippen molar-refractivity contribution in [2.24, 2.45) is 0 Å². The second-order valence-corrected chi connectivity index (χ2v) is 6.41. The number of hydrogen-bond acceptors (Lipinski definition) is 7. The van der Waals surface area contributed by atoms with Crippen molar-refractivity contribution in [1.29, 1.82) is 0 Å². The molecule has 1 aromatic carbocycles. The SMILES string of the molecule is Nc1nc(N)c(Sc2ncc(-c3ccccc3)s2)c(=O)[nH]1. The predicted molar refractivity (Wildman–Crippen MR) is 85.4 cm³/mol. The third kappa shape index (κ3) is 2.91. The van der Waals surface area contributed by atoms with E-state index in [0.29, 0.717) is 4.90 Å². The number of H-pyrrole nitrogens is 1. The van der Waals surface area contributed by atoms with Crippen LogP contribution in [-0.4, -0.2) is 15.0 Å². The van der Waals surface area contributed by atoms with Crippen LogP contribution in [0.25, 0.3) is 10.4 Å². The quantitative estimate of drug-likeness (QED) is 0.683. The van der Waals surface area contributed by atoms with E-state index in [1.807, 2.05) is 30.3 Å². The van der Waals surface area contributed by atoms with Gasteiger partial charge in [-0.05, 0) is 17.3 Å². The van der Waals surface area contributed by atoms with Crippen LogP contribution in [0.2, 0.25) is 0 Å². The Labute approximate surface area is 128 Å². The summed E-state index contributed by atoms with van der Waals surface area (Å²) in [6, 6.07) is 9.91. The van der Waals surface area contributed by atoms with Crippen molar-refractivity contribution in [3.05, 3.63) is 46.9 Å². The highest BCUT2D eigenvalue weighted by Gasteiger charge is 2.13. The van der Waals surface area contributed by atoms with Gasteiger partial charge in [0.15, 0.2) is 4.34 Å². The Hall–Kier alpha value is -2.32. The highest BCUT2D eigenvalue weighted by molar-refractivity contribution is 8.01. The summed E-state index contributed by atoms with van der Waals surface area (Å²) in [6.07, 6.45) is 1.78. The second-order valence-electron chi connectivity index (χ2n) is 4.12. The van der Waals surface area contributed by atoms with Gasteiger partial charge in [-0.15, -0.1) is 11.3 Å². The minimum Gasteiger partial charge on any atom is -0.382 e. The maximum absolute atomic E-state index is 11.8. The molecule has 6 nitrogen and oxygen atoms in total. The highest BCUT2D eigenvalue weighted by atomic mass is 32.2. The van der Waals surface area contributed by atoms with E-state index in [1.165, 1.54) is 23.1 Å². The van der Waals surface area contributed by atoms with E-state index in [2.05, 4.69) is 15.0 Å². The average Bonchev–Trinajstić information content (AvgIpc) is 2.92. The van der Waals surface area contributed by atoms with Crippen LogP contribution in [0, 0.1) is 0 Å². The number of nitrogens with two attached hydrogens (primary N) is 2. The van der Waals surface area contributed by atoms with E-state index in [0.717, 1.165) is 14.8 Å². The zero-order valence-electron chi connectivity index (χ0n) is 10.7. The normalized spacial score (nSPS) is 10.7. The molecule has 5 N–H and O–H groups in total. The lowest BCUT2D eigenvalue weighted by Gasteiger charge is -2.01. The molecule has 3 aromatic rings. The zero-order valence-corrected chi connectivity index (χ0v) is 12.4. The molecule has 0 aliphatic heterocycles. The number of nitrogens with zero attached hydrogens (tertiary/aromatic N) is 2. The first kappa shape index (κ1) is 13.7. The highest BCUT2D eigenvalue weighted by Crippen LogP contribution is 2.35. The van der Waals surface area contributed by atoms with Gasteiger partial charge in [0.1, 0.15) is 10.7 Å². The van der Waals surface area contributed by atoms with Gasteiger partial charge in [-0.3, -0.25) is 9.78 Å². The maximum Gasteiger partial charge on any atom is 0.268 e. The molecule has 0 fully saturated rings. The molecule has 0 saturated carbocycles. The van der Waals surface area contributed by atoms with Crippen LogP contribution in [0.4, 0.5) is 11.8 Å². The third-order valence-electron chi connectivity index (χ3n) is 2.65. The van der Waals surface area contributed by atoms with E-state index < -0.39 is 0 Å². The van der Waals surface area contributed by atoms with Crippen LogP contribution >= 0.6 is 23.1 Å². The summed E-state index contributed by atoms with van der Waals surface area (Å²) in [5.74, 6) is 0.115.